The first-order valence-corrected chi connectivity index (χ1v) is 9.29. The van der Waals surface area contributed by atoms with Crippen molar-refractivity contribution in [2.45, 2.75) is 25.6 Å². The molecule has 4 rings (SSSR count). The first kappa shape index (κ1) is 16.6. The number of thiophene rings is 1. The fourth-order valence-corrected chi connectivity index (χ4v) is 3.63. The fourth-order valence-electron chi connectivity index (χ4n) is 2.91. The number of benzene rings is 1. The van der Waals surface area contributed by atoms with E-state index in [9.17, 15) is 4.79 Å². The molecule has 0 spiro atoms. The zero-order chi connectivity index (χ0) is 17.8. The second kappa shape index (κ2) is 7.58. The lowest BCUT2D eigenvalue weighted by Gasteiger charge is -2.20. The zero-order valence-corrected chi connectivity index (χ0v) is 14.9. The van der Waals surface area contributed by atoms with E-state index in [0.29, 0.717) is 25.2 Å². The molecule has 1 unspecified atom stereocenters. The number of hydrogen-bond acceptors (Lipinski definition) is 5. The van der Waals surface area contributed by atoms with Crippen molar-refractivity contribution in [2.75, 3.05) is 0 Å². The van der Waals surface area contributed by atoms with Gasteiger partial charge in [0.25, 0.3) is 5.91 Å². The second-order valence-electron chi connectivity index (χ2n) is 6.07. The fraction of sp³-hybridized carbons (Fsp3) is 0.200. The van der Waals surface area contributed by atoms with Crippen LogP contribution in [-0.2, 0) is 22.7 Å². The van der Waals surface area contributed by atoms with Gasteiger partial charge in [0.1, 0.15) is 11.5 Å². The number of nitrogens with zero attached hydrogens (tertiary/aromatic N) is 2. The lowest BCUT2D eigenvalue weighted by Crippen LogP contribution is -2.35. The van der Waals surface area contributed by atoms with Crippen molar-refractivity contribution in [1.29, 1.82) is 0 Å². The number of rotatable bonds is 6. The zero-order valence-electron chi connectivity index (χ0n) is 14.1. The standard InChI is InChI=1S/C20H18N2O3S/c23-20(18-12-19(25-21-18)15-6-2-1-3-7-15)22(13-16-8-4-10-24-16)14-17-9-5-11-26-17/h1-11,19H,12-14H2. The first-order valence-electron chi connectivity index (χ1n) is 8.41. The van der Waals surface area contributed by atoms with E-state index in [4.69, 9.17) is 9.25 Å². The Morgan fingerprint density at radius 2 is 2.00 bits per heavy atom. The molecule has 5 nitrogen and oxygen atoms in total. The summed E-state index contributed by atoms with van der Waals surface area (Å²) < 4.78 is 5.42. The molecule has 1 aliphatic heterocycles. The topological polar surface area (TPSA) is 55.0 Å². The summed E-state index contributed by atoms with van der Waals surface area (Å²) >= 11 is 1.63. The molecule has 3 aromatic rings. The van der Waals surface area contributed by atoms with Gasteiger partial charge in [0, 0.05) is 11.3 Å². The van der Waals surface area contributed by atoms with Crippen LogP contribution >= 0.6 is 11.3 Å². The highest BCUT2D eigenvalue weighted by atomic mass is 32.1. The number of carbonyl (C=O) groups is 1. The maximum Gasteiger partial charge on any atom is 0.272 e. The molecule has 0 saturated carbocycles. The molecule has 1 amide bonds. The van der Waals surface area contributed by atoms with Crippen molar-refractivity contribution < 1.29 is 14.0 Å². The van der Waals surface area contributed by atoms with Crippen molar-refractivity contribution in [3.05, 3.63) is 82.4 Å². The molecular formula is C20H18N2O3S. The molecule has 26 heavy (non-hydrogen) atoms. The van der Waals surface area contributed by atoms with Gasteiger partial charge in [-0.1, -0.05) is 41.6 Å². The van der Waals surface area contributed by atoms with E-state index in [1.807, 2.05) is 60.0 Å². The largest absolute Gasteiger partial charge is 0.467 e. The van der Waals surface area contributed by atoms with Crippen LogP contribution in [0.25, 0.3) is 0 Å². The number of amides is 1. The minimum Gasteiger partial charge on any atom is -0.467 e. The molecule has 1 aliphatic rings. The van der Waals surface area contributed by atoms with Crippen molar-refractivity contribution in [3.63, 3.8) is 0 Å². The van der Waals surface area contributed by atoms with Gasteiger partial charge < -0.3 is 14.2 Å². The van der Waals surface area contributed by atoms with Crippen LogP contribution in [0, 0.1) is 0 Å². The van der Waals surface area contributed by atoms with Crippen molar-refractivity contribution in [3.8, 4) is 0 Å². The summed E-state index contributed by atoms with van der Waals surface area (Å²) in [6.07, 6.45) is 1.88. The Labute approximate surface area is 155 Å². The molecule has 6 heteroatoms. The number of carbonyl (C=O) groups excluding carboxylic acids is 1. The molecule has 0 aliphatic carbocycles. The molecule has 0 N–H and O–H groups in total. The minimum atomic E-state index is -0.206. The van der Waals surface area contributed by atoms with Crippen molar-refractivity contribution >= 4 is 23.0 Å². The Balaban J connectivity index is 1.49. The van der Waals surface area contributed by atoms with Gasteiger partial charge in [0.2, 0.25) is 0 Å². The van der Waals surface area contributed by atoms with Crippen LogP contribution in [0.5, 0.6) is 0 Å². The first-order chi connectivity index (χ1) is 12.8. The average molecular weight is 366 g/mol. The molecule has 0 radical (unpaired) electrons. The number of hydrogen-bond donors (Lipinski definition) is 0. The third-order valence-electron chi connectivity index (χ3n) is 4.23. The third-order valence-corrected chi connectivity index (χ3v) is 5.09. The van der Waals surface area contributed by atoms with Crippen molar-refractivity contribution in [1.82, 2.24) is 4.90 Å². The van der Waals surface area contributed by atoms with Gasteiger partial charge in [-0.05, 0) is 29.1 Å². The number of oxime groups is 1. The van der Waals surface area contributed by atoms with Crippen LogP contribution in [0.2, 0.25) is 0 Å². The van der Waals surface area contributed by atoms with E-state index < -0.39 is 0 Å². The van der Waals surface area contributed by atoms with Gasteiger partial charge in [-0.25, -0.2) is 0 Å². The Bertz CT molecular complexity index is 837. The van der Waals surface area contributed by atoms with Gasteiger partial charge in [-0.3, -0.25) is 4.79 Å². The smallest absolute Gasteiger partial charge is 0.272 e. The second-order valence-corrected chi connectivity index (χ2v) is 7.10. The Morgan fingerprint density at radius 3 is 2.73 bits per heavy atom. The van der Waals surface area contributed by atoms with E-state index in [1.165, 1.54) is 0 Å². The van der Waals surface area contributed by atoms with Gasteiger partial charge in [0.15, 0.2) is 6.10 Å². The quantitative estimate of drug-likeness (QED) is 0.650. The summed E-state index contributed by atoms with van der Waals surface area (Å²) in [7, 11) is 0. The van der Waals surface area contributed by atoms with Crippen molar-refractivity contribution in [2.24, 2.45) is 5.16 Å². The van der Waals surface area contributed by atoms with Gasteiger partial charge in [0.05, 0.1) is 19.4 Å². The highest BCUT2D eigenvalue weighted by molar-refractivity contribution is 7.09. The molecule has 132 valence electrons. The summed E-state index contributed by atoms with van der Waals surface area (Å²) in [6.45, 7) is 0.922. The summed E-state index contributed by atoms with van der Waals surface area (Å²) in [6, 6.07) is 17.5. The summed E-state index contributed by atoms with van der Waals surface area (Å²) in [5.74, 6) is 0.627. The van der Waals surface area contributed by atoms with Crippen LogP contribution in [0.15, 0.2) is 75.8 Å². The van der Waals surface area contributed by atoms with Gasteiger partial charge in [-0.15, -0.1) is 11.3 Å². The minimum absolute atomic E-state index is 0.117. The van der Waals surface area contributed by atoms with Crippen LogP contribution in [0.3, 0.4) is 0 Å². The molecular weight excluding hydrogens is 348 g/mol. The predicted molar refractivity (Wildman–Crippen MR) is 99.6 cm³/mol. The Hall–Kier alpha value is -2.86. The third kappa shape index (κ3) is 3.70. The van der Waals surface area contributed by atoms with Crippen LogP contribution in [0.4, 0.5) is 0 Å². The lowest BCUT2D eigenvalue weighted by molar-refractivity contribution is -0.125. The molecule has 1 aromatic carbocycles. The average Bonchev–Trinajstić information content (AvgIpc) is 3.44. The van der Waals surface area contributed by atoms with E-state index in [1.54, 1.807) is 22.5 Å². The monoisotopic (exact) mass is 366 g/mol. The van der Waals surface area contributed by atoms with Crippen LogP contribution < -0.4 is 0 Å². The molecule has 0 saturated heterocycles. The van der Waals surface area contributed by atoms with Crippen LogP contribution in [-0.4, -0.2) is 16.5 Å². The van der Waals surface area contributed by atoms with E-state index >= 15 is 0 Å². The SMILES string of the molecule is O=C(C1=NOC(c2ccccc2)C1)N(Cc1ccco1)Cc1cccs1. The van der Waals surface area contributed by atoms with E-state index in [-0.39, 0.29) is 12.0 Å². The van der Waals surface area contributed by atoms with E-state index in [2.05, 4.69) is 5.16 Å². The van der Waals surface area contributed by atoms with Crippen LogP contribution in [0.1, 0.15) is 28.7 Å². The molecule has 0 bridgehead atoms. The van der Waals surface area contributed by atoms with E-state index in [0.717, 1.165) is 16.2 Å². The normalized spacial score (nSPS) is 16.2. The summed E-state index contributed by atoms with van der Waals surface area (Å²) in [5.41, 5.74) is 1.47. The summed E-state index contributed by atoms with van der Waals surface area (Å²) in [5, 5.41) is 6.08. The van der Waals surface area contributed by atoms with Gasteiger partial charge >= 0.3 is 0 Å². The Kier molecular flexibility index (Phi) is 4.84. The summed E-state index contributed by atoms with van der Waals surface area (Å²) in [4.78, 5) is 21.4. The maximum absolute atomic E-state index is 13.1. The van der Waals surface area contributed by atoms with Gasteiger partial charge in [-0.2, -0.15) is 0 Å². The highest BCUT2D eigenvalue weighted by Gasteiger charge is 2.30. The maximum atomic E-state index is 13.1. The lowest BCUT2D eigenvalue weighted by atomic mass is 10.0. The molecule has 2 aromatic heterocycles. The highest BCUT2D eigenvalue weighted by Crippen LogP contribution is 2.28. The Morgan fingerprint density at radius 1 is 1.12 bits per heavy atom. The molecule has 0 fully saturated rings. The molecule has 3 heterocycles. The predicted octanol–water partition coefficient (Wildman–Crippen LogP) is 4.39. The number of furan rings is 1. The molecule has 1 atom stereocenters.